The summed E-state index contributed by atoms with van der Waals surface area (Å²) in [6, 6.07) is 11.7. The molecule has 1 aromatic carbocycles. The highest BCUT2D eigenvalue weighted by Gasteiger charge is 2.29. The predicted molar refractivity (Wildman–Crippen MR) is 121 cm³/mol. The molecule has 0 aliphatic carbocycles. The van der Waals surface area contributed by atoms with E-state index < -0.39 is 0 Å². The first kappa shape index (κ1) is 22.1. The van der Waals surface area contributed by atoms with Gasteiger partial charge in [-0.2, -0.15) is 0 Å². The summed E-state index contributed by atoms with van der Waals surface area (Å²) in [7, 11) is 1.52. The van der Waals surface area contributed by atoms with Crippen molar-refractivity contribution in [3.63, 3.8) is 0 Å². The summed E-state index contributed by atoms with van der Waals surface area (Å²) < 4.78 is 11.1. The van der Waals surface area contributed by atoms with Gasteiger partial charge in [0.05, 0.1) is 13.7 Å². The second-order valence-corrected chi connectivity index (χ2v) is 8.44. The third-order valence-electron chi connectivity index (χ3n) is 6.26. The summed E-state index contributed by atoms with van der Waals surface area (Å²) >= 11 is 0. The van der Waals surface area contributed by atoms with Crippen molar-refractivity contribution in [2.45, 2.75) is 44.6 Å². The van der Waals surface area contributed by atoms with Crippen molar-refractivity contribution >= 4 is 11.8 Å². The Kier molecular flexibility index (Phi) is 7.24. The van der Waals surface area contributed by atoms with Crippen LogP contribution in [-0.2, 0) is 11.2 Å². The average Bonchev–Trinajstić information content (AvgIpc) is 2.84. The molecule has 7 heteroatoms. The molecule has 0 N–H and O–H groups in total. The van der Waals surface area contributed by atoms with Crippen LogP contribution >= 0.6 is 0 Å². The first-order valence-electron chi connectivity index (χ1n) is 11.4. The molecule has 0 saturated carbocycles. The second-order valence-electron chi connectivity index (χ2n) is 8.44. The second kappa shape index (κ2) is 10.5. The lowest BCUT2D eigenvalue weighted by Gasteiger charge is -2.37. The molecular weight excluding hydrogens is 406 g/mol. The fraction of sp³-hybridized carbons (Fsp3) is 0.480. The van der Waals surface area contributed by atoms with E-state index >= 15 is 0 Å². The van der Waals surface area contributed by atoms with Gasteiger partial charge in [-0.05, 0) is 62.3 Å². The number of methoxy groups -OCH3 is 1. The van der Waals surface area contributed by atoms with Gasteiger partial charge in [0.1, 0.15) is 12.3 Å². The smallest absolute Gasteiger partial charge is 0.254 e. The molecule has 1 fully saturated rings. The Morgan fingerprint density at radius 2 is 2.03 bits per heavy atom. The van der Waals surface area contributed by atoms with E-state index in [1.54, 1.807) is 23.2 Å². The van der Waals surface area contributed by atoms with E-state index in [9.17, 15) is 9.59 Å². The van der Waals surface area contributed by atoms with Gasteiger partial charge in [-0.3, -0.25) is 9.59 Å². The number of hydrogen-bond acceptors (Lipinski definition) is 5. The van der Waals surface area contributed by atoms with Crippen LogP contribution in [0.15, 0.2) is 42.6 Å². The van der Waals surface area contributed by atoms with E-state index in [-0.39, 0.29) is 24.4 Å². The van der Waals surface area contributed by atoms with Gasteiger partial charge in [0.25, 0.3) is 5.91 Å². The van der Waals surface area contributed by atoms with Crippen LogP contribution in [0.5, 0.6) is 11.6 Å². The molecule has 32 heavy (non-hydrogen) atoms. The van der Waals surface area contributed by atoms with E-state index in [4.69, 9.17) is 9.47 Å². The number of amides is 2. The Morgan fingerprint density at radius 1 is 1.12 bits per heavy atom. The Hall–Kier alpha value is -3.09. The summed E-state index contributed by atoms with van der Waals surface area (Å²) in [6.07, 6.45) is 7.18. The maximum absolute atomic E-state index is 13.3. The highest BCUT2D eigenvalue weighted by Crippen LogP contribution is 2.24. The third kappa shape index (κ3) is 5.39. The summed E-state index contributed by atoms with van der Waals surface area (Å²) in [5.41, 5.74) is 1.70. The molecule has 0 spiro atoms. The minimum atomic E-state index is -0.193. The monoisotopic (exact) mass is 437 g/mol. The van der Waals surface area contributed by atoms with Crippen LogP contribution in [0, 0.1) is 0 Å². The number of ether oxygens (including phenoxy) is 2. The highest BCUT2D eigenvalue weighted by molar-refractivity contribution is 5.96. The molecule has 4 rings (SSSR count). The van der Waals surface area contributed by atoms with Crippen LogP contribution in [0.3, 0.4) is 0 Å². The predicted octanol–water partition coefficient (Wildman–Crippen LogP) is 3.33. The normalized spacial score (nSPS) is 20.0. The number of benzene rings is 1. The lowest BCUT2D eigenvalue weighted by molar-refractivity contribution is -0.135. The number of nitrogens with zero attached hydrogens (tertiary/aromatic N) is 3. The number of fused-ring (bicyclic) bond motifs is 3. The number of aromatic nitrogens is 1. The quantitative estimate of drug-likeness (QED) is 0.721. The van der Waals surface area contributed by atoms with Gasteiger partial charge in [0.2, 0.25) is 11.8 Å². The van der Waals surface area contributed by atoms with Gasteiger partial charge in [0.15, 0.2) is 0 Å². The molecular formula is C25H31N3O4. The maximum atomic E-state index is 13.3. The van der Waals surface area contributed by atoms with E-state index in [1.165, 1.54) is 12.7 Å². The first-order valence-corrected chi connectivity index (χ1v) is 11.4. The number of aryl methyl sites for hydroxylation is 1. The number of pyridine rings is 1. The van der Waals surface area contributed by atoms with Gasteiger partial charge in [-0.25, -0.2) is 4.98 Å². The molecule has 2 aliphatic heterocycles. The summed E-state index contributed by atoms with van der Waals surface area (Å²) in [4.78, 5) is 34.3. The zero-order chi connectivity index (χ0) is 22.3. The SMILES string of the molecule is COc1cc(C(=O)N2CCCOc3cccc(c3)CCC3CCCCN3C(=O)C2)ccn1. The average molecular weight is 438 g/mol. The lowest BCUT2D eigenvalue weighted by atomic mass is 9.95. The molecule has 1 atom stereocenters. The summed E-state index contributed by atoms with van der Waals surface area (Å²) in [5.74, 6) is 1.06. The Labute approximate surface area is 189 Å². The number of carbonyl (C=O) groups excluding carboxylic acids is 2. The number of rotatable bonds is 2. The van der Waals surface area contributed by atoms with E-state index in [0.717, 1.165) is 44.4 Å². The standard InChI is InChI=1S/C25H31N3O4/c1-31-23-17-20(11-12-26-23)25(30)27-13-5-15-32-22-8-4-6-19(16-22)9-10-21-7-2-3-14-28(21)24(29)18-27/h4,6,8,11-12,16-17,21H,2-3,5,7,9-10,13-15,18H2,1H3. The minimum Gasteiger partial charge on any atom is -0.494 e. The van der Waals surface area contributed by atoms with Crippen molar-refractivity contribution in [3.8, 4) is 11.6 Å². The zero-order valence-electron chi connectivity index (χ0n) is 18.7. The molecule has 3 heterocycles. The topological polar surface area (TPSA) is 72.0 Å². The number of carbonyl (C=O) groups is 2. The van der Waals surface area contributed by atoms with Crippen LogP contribution in [0.25, 0.3) is 0 Å². The molecule has 1 aromatic heterocycles. The molecule has 2 aliphatic rings. The zero-order valence-corrected chi connectivity index (χ0v) is 18.7. The van der Waals surface area contributed by atoms with E-state index in [0.29, 0.717) is 31.0 Å². The third-order valence-corrected chi connectivity index (χ3v) is 6.26. The van der Waals surface area contributed by atoms with Gasteiger partial charge >= 0.3 is 0 Å². The van der Waals surface area contributed by atoms with Crippen LogP contribution in [-0.4, -0.2) is 66.0 Å². The van der Waals surface area contributed by atoms with Gasteiger partial charge < -0.3 is 19.3 Å². The number of hydrogen-bond donors (Lipinski definition) is 0. The van der Waals surface area contributed by atoms with Gasteiger partial charge in [-0.15, -0.1) is 0 Å². The Morgan fingerprint density at radius 3 is 2.91 bits per heavy atom. The summed E-state index contributed by atoms with van der Waals surface area (Å²) in [6.45, 7) is 1.75. The largest absolute Gasteiger partial charge is 0.494 e. The van der Waals surface area contributed by atoms with E-state index in [1.807, 2.05) is 17.0 Å². The van der Waals surface area contributed by atoms with Crippen molar-refractivity contribution < 1.29 is 19.1 Å². The minimum absolute atomic E-state index is 0.0239. The van der Waals surface area contributed by atoms with Crippen LogP contribution < -0.4 is 9.47 Å². The van der Waals surface area contributed by atoms with Crippen molar-refractivity contribution in [2.24, 2.45) is 0 Å². The van der Waals surface area contributed by atoms with Crippen molar-refractivity contribution in [2.75, 3.05) is 33.4 Å². The van der Waals surface area contributed by atoms with Gasteiger partial charge in [0, 0.05) is 37.0 Å². The van der Waals surface area contributed by atoms with Crippen molar-refractivity contribution in [1.82, 2.24) is 14.8 Å². The lowest BCUT2D eigenvalue weighted by Crippen LogP contribution is -2.49. The number of piperidine rings is 1. The Balaban J connectivity index is 1.57. The van der Waals surface area contributed by atoms with E-state index in [2.05, 4.69) is 17.1 Å². The fourth-order valence-corrected chi connectivity index (χ4v) is 4.54. The summed E-state index contributed by atoms with van der Waals surface area (Å²) in [5, 5.41) is 0. The van der Waals surface area contributed by atoms with Crippen LogP contribution in [0.2, 0.25) is 0 Å². The van der Waals surface area contributed by atoms with Crippen molar-refractivity contribution in [3.05, 3.63) is 53.7 Å². The fourth-order valence-electron chi connectivity index (χ4n) is 4.54. The van der Waals surface area contributed by atoms with Crippen molar-refractivity contribution in [1.29, 1.82) is 0 Å². The Bertz CT molecular complexity index is 948. The first-order chi connectivity index (χ1) is 15.6. The molecule has 1 saturated heterocycles. The van der Waals surface area contributed by atoms with Crippen LogP contribution in [0.1, 0.15) is 48.0 Å². The van der Waals surface area contributed by atoms with Gasteiger partial charge in [-0.1, -0.05) is 12.1 Å². The molecule has 2 amide bonds. The molecule has 2 bridgehead atoms. The molecule has 170 valence electrons. The van der Waals surface area contributed by atoms with Crippen LogP contribution in [0.4, 0.5) is 0 Å². The molecule has 2 aromatic rings. The maximum Gasteiger partial charge on any atom is 0.254 e. The molecule has 1 unspecified atom stereocenters. The highest BCUT2D eigenvalue weighted by atomic mass is 16.5. The molecule has 0 radical (unpaired) electrons. The molecule has 7 nitrogen and oxygen atoms in total.